The molecule has 1 saturated heterocycles. The van der Waals surface area contributed by atoms with Crippen LogP contribution < -0.4 is 15.5 Å². The highest BCUT2D eigenvalue weighted by molar-refractivity contribution is 14.0. The lowest BCUT2D eigenvalue weighted by molar-refractivity contribution is 0.270. The highest BCUT2D eigenvalue weighted by Gasteiger charge is 2.16. The van der Waals surface area contributed by atoms with Gasteiger partial charge in [-0.15, -0.1) is 34.2 Å². The third-order valence-electron chi connectivity index (χ3n) is 5.51. The number of nitrogens with zero attached hydrogens (tertiary/aromatic N) is 7. The summed E-state index contributed by atoms with van der Waals surface area (Å²) < 4.78 is 1.97. The molecule has 4 heterocycles. The van der Waals surface area contributed by atoms with Crippen molar-refractivity contribution in [2.75, 3.05) is 44.2 Å². The van der Waals surface area contributed by atoms with E-state index in [9.17, 15) is 0 Å². The first-order valence-electron chi connectivity index (χ1n) is 11.0. The molecular formula is C22H32IN9. The molecule has 0 radical (unpaired) electrons. The molecule has 1 fully saturated rings. The molecule has 4 rings (SSSR count). The van der Waals surface area contributed by atoms with E-state index < -0.39 is 0 Å². The Hall–Kier alpha value is -2.47. The zero-order valence-corrected chi connectivity index (χ0v) is 21.1. The van der Waals surface area contributed by atoms with E-state index in [1.165, 1.54) is 0 Å². The van der Waals surface area contributed by atoms with Crippen molar-refractivity contribution in [2.24, 2.45) is 4.99 Å². The van der Waals surface area contributed by atoms with Crippen LogP contribution in [0, 0.1) is 0 Å². The molecule has 0 saturated carbocycles. The number of hydrogen-bond donors (Lipinski definition) is 2. The second-order valence-electron chi connectivity index (χ2n) is 7.54. The molecule has 0 spiro atoms. The third-order valence-corrected chi connectivity index (χ3v) is 5.51. The molecule has 0 aliphatic carbocycles. The standard InChI is InChI=1S/C22H31N9.HI/c1-3-23-22(26-17-21-28-27-20-7-5-6-10-31(20)21)25-16-18-8-9-19(24-15-18)30-13-11-29(4-2)12-14-30;/h5-10,15H,3-4,11-14,16-17H2,1-2H3,(H2,23,25,26);1H. The Morgan fingerprint density at radius 1 is 1.03 bits per heavy atom. The van der Waals surface area contributed by atoms with Crippen molar-refractivity contribution < 1.29 is 0 Å². The fraction of sp³-hybridized carbons (Fsp3) is 0.455. The summed E-state index contributed by atoms with van der Waals surface area (Å²) in [5.41, 5.74) is 1.92. The van der Waals surface area contributed by atoms with E-state index in [1.54, 1.807) is 0 Å². The van der Waals surface area contributed by atoms with Crippen molar-refractivity contribution in [3.8, 4) is 0 Å². The van der Waals surface area contributed by atoms with Crippen LogP contribution in [-0.4, -0.2) is 69.7 Å². The minimum absolute atomic E-state index is 0. The minimum atomic E-state index is 0. The van der Waals surface area contributed by atoms with Crippen molar-refractivity contribution in [3.05, 3.63) is 54.1 Å². The summed E-state index contributed by atoms with van der Waals surface area (Å²) in [5, 5.41) is 15.1. The van der Waals surface area contributed by atoms with Crippen molar-refractivity contribution >= 4 is 41.4 Å². The molecule has 3 aromatic rings. The molecule has 0 bridgehead atoms. The van der Waals surface area contributed by atoms with Crippen molar-refractivity contribution in [2.45, 2.75) is 26.9 Å². The van der Waals surface area contributed by atoms with Crippen molar-refractivity contribution in [3.63, 3.8) is 0 Å². The Kier molecular flexibility index (Phi) is 9.03. The Morgan fingerprint density at radius 2 is 1.88 bits per heavy atom. The molecule has 172 valence electrons. The van der Waals surface area contributed by atoms with Gasteiger partial charge in [0.1, 0.15) is 5.82 Å². The van der Waals surface area contributed by atoms with Gasteiger partial charge in [0.25, 0.3) is 0 Å². The molecule has 0 amide bonds. The maximum atomic E-state index is 4.70. The molecule has 10 heteroatoms. The van der Waals surface area contributed by atoms with Gasteiger partial charge in [-0.05, 0) is 37.2 Å². The zero-order chi connectivity index (χ0) is 21.5. The lowest BCUT2D eigenvalue weighted by Gasteiger charge is -2.34. The first-order valence-corrected chi connectivity index (χ1v) is 11.0. The van der Waals surface area contributed by atoms with Crippen LogP contribution in [-0.2, 0) is 13.1 Å². The van der Waals surface area contributed by atoms with E-state index >= 15 is 0 Å². The molecule has 0 unspecified atom stereocenters. The first-order chi connectivity index (χ1) is 15.3. The first kappa shape index (κ1) is 24.2. The summed E-state index contributed by atoms with van der Waals surface area (Å²) in [6, 6.07) is 10.1. The quantitative estimate of drug-likeness (QED) is 0.266. The SMILES string of the molecule is CCNC(=NCc1ccc(N2CCN(CC)CC2)nc1)NCc1nnc2ccccn12.I. The summed E-state index contributed by atoms with van der Waals surface area (Å²) in [6.07, 6.45) is 3.90. The number of hydrogen-bond acceptors (Lipinski definition) is 6. The molecule has 1 aliphatic rings. The molecule has 3 aromatic heterocycles. The van der Waals surface area contributed by atoms with Gasteiger partial charge in [-0.3, -0.25) is 4.40 Å². The van der Waals surface area contributed by atoms with Gasteiger partial charge in [0.15, 0.2) is 17.4 Å². The van der Waals surface area contributed by atoms with Gasteiger partial charge < -0.3 is 20.4 Å². The number of likely N-dealkylation sites (N-methyl/N-ethyl adjacent to an activating group) is 1. The van der Waals surface area contributed by atoms with E-state index in [2.05, 4.69) is 61.6 Å². The molecule has 32 heavy (non-hydrogen) atoms. The normalized spacial score (nSPS) is 14.9. The van der Waals surface area contributed by atoms with Crippen molar-refractivity contribution in [1.82, 2.24) is 35.1 Å². The minimum Gasteiger partial charge on any atom is -0.357 e. The molecule has 0 aromatic carbocycles. The topological polar surface area (TPSA) is 86.0 Å². The Labute approximate surface area is 206 Å². The van der Waals surface area contributed by atoms with E-state index in [-0.39, 0.29) is 24.0 Å². The number of guanidine groups is 1. The number of halogens is 1. The van der Waals surface area contributed by atoms with E-state index in [0.717, 1.165) is 68.1 Å². The van der Waals surface area contributed by atoms with Crippen LogP contribution in [0.1, 0.15) is 25.2 Å². The second kappa shape index (κ2) is 12.0. The van der Waals surface area contributed by atoms with Gasteiger partial charge >= 0.3 is 0 Å². The Morgan fingerprint density at radius 3 is 2.59 bits per heavy atom. The number of rotatable bonds is 7. The smallest absolute Gasteiger partial charge is 0.191 e. The summed E-state index contributed by atoms with van der Waals surface area (Å²) >= 11 is 0. The predicted octanol–water partition coefficient (Wildman–Crippen LogP) is 2.14. The maximum Gasteiger partial charge on any atom is 0.191 e. The van der Waals surface area contributed by atoms with E-state index in [0.29, 0.717) is 13.1 Å². The highest BCUT2D eigenvalue weighted by Crippen LogP contribution is 2.14. The Balaban J connectivity index is 0.00000289. The fourth-order valence-electron chi connectivity index (χ4n) is 3.68. The molecule has 2 N–H and O–H groups in total. The number of aliphatic imine (C=N–C) groups is 1. The van der Waals surface area contributed by atoms with E-state index in [1.807, 2.05) is 35.0 Å². The van der Waals surface area contributed by atoms with Crippen LogP contribution in [0.4, 0.5) is 5.82 Å². The number of nitrogens with one attached hydrogen (secondary N) is 2. The Bertz CT molecular complexity index is 994. The summed E-state index contributed by atoms with van der Waals surface area (Å²) in [6.45, 7) is 11.5. The van der Waals surface area contributed by atoms with Gasteiger partial charge in [-0.1, -0.05) is 19.1 Å². The third kappa shape index (κ3) is 6.06. The number of pyridine rings is 2. The lowest BCUT2D eigenvalue weighted by Crippen LogP contribution is -2.46. The van der Waals surface area contributed by atoms with Gasteiger partial charge in [0.05, 0.1) is 13.1 Å². The molecule has 1 aliphatic heterocycles. The number of aromatic nitrogens is 4. The largest absolute Gasteiger partial charge is 0.357 e. The average molecular weight is 549 g/mol. The summed E-state index contributed by atoms with van der Waals surface area (Å²) in [5.74, 6) is 2.64. The second-order valence-corrected chi connectivity index (χ2v) is 7.54. The van der Waals surface area contributed by atoms with Crippen LogP contribution in [0.3, 0.4) is 0 Å². The highest BCUT2D eigenvalue weighted by atomic mass is 127. The number of fused-ring (bicyclic) bond motifs is 1. The lowest BCUT2D eigenvalue weighted by atomic mass is 10.2. The van der Waals surface area contributed by atoms with Gasteiger partial charge in [-0.2, -0.15) is 0 Å². The molecule has 0 atom stereocenters. The van der Waals surface area contributed by atoms with Crippen molar-refractivity contribution in [1.29, 1.82) is 0 Å². The number of anilines is 1. The summed E-state index contributed by atoms with van der Waals surface area (Å²) in [4.78, 5) is 14.2. The van der Waals surface area contributed by atoms with Crippen LogP contribution in [0.25, 0.3) is 5.65 Å². The molecular weight excluding hydrogens is 517 g/mol. The number of piperazine rings is 1. The maximum absolute atomic E-state index is 4.70. The van der Waals surface area contributed by atoms with E-state index in [4.69, 9.17) is 4.99 Å². The average Bonchev–Trinajstić information content (AvgIpc) is 3.24. The van der Waals surface area contributed by atoms with Crippen LogP contribution in [0.15, 0.2) is 47.7 Å². The monoisotopic (exact) mass is 549 g/mol. The molecule has 9 nitrogen and oxygen atoms in total. The van der Waals surface area contributed by atoms with Crippen LogP contribution in [0.5, 0.6) is 0 Å². The van der Waals surface area contributed by atoms with Gasteiger partial charge in [0, 0.05) is 45.1 Å². The van der Waals surface area contributed by atoms with Gasteiger partial charge in [-0.25, -0.2) is 9.98 Å². The predicted molar refractivity (Wildman–Crippen MR) is 139 cm³/mol. The van der Waals surface area contributed by atoms with Crippen LogP contribution >= 0.6 is 24.0 Å². The summed E-state index contributed by atoms with van der Waals surface area (Å²) in [7, 11) is 0. The fourth-order valence-corrected chi connectivity index (χ4v) is 3.68. The van der Waals surface area contributed by atoms with Gasteiger partial charge in [0.2, 0.25) is 0 Å². The van der Waals surface area contributed by atoms with Crippen LogP contribution in [0.2, 0.25) is 0 Å². The zero-order valence-electron chi connectivity index (χ0n) is 18.7.